The van der Waals surface area contributed by atoms with E-state index in [1.54, 1.807) is 0 Å². The molecule has 4 aliphatic carbocycles. The maximum Gasteiger partial charge on any atom is 0.226 e. The molecule has 0 aromatic rings. The predicted octanol–water partition coefficient (Wildman–Crippen LogP) is 3.10. The quantitative estimate of drug-likeness (QED) is 0.654. The number of hydrogen-bond donors (Lipinski definition) is 1. The monoisotopic (exact) mass is 416 g/mol. The van der Waals surface area contributed by atoms with E-state index in [1.165, 1.54) is 0 Å². The lowest BCUT2D eigenvalue weighted by Gasteiger charge is -2.62. The smallest absolute Gasteiger partial charge is 0.226 e. The van der Waals surface area contributed by atoms with Crippen molar-refractivity contribution < 1.29 is 28.8 Å². The van der Waals surface area contributed by atoms with Gasteiger partial charge in [-0.25, -0.2) is 0 Å². The van der Waals surface area contributed by atoms with Crippen LogP contribution in [0.5, 0.6) is 0 Å². The van der Waals surface area contributed by atoms with Gasteiger partial charge in [-0.3, -0.25) is 4.79 Å². The number of rotatable bonds is 0. The van der Waals surface area contributed by atoms with E-state index in [2.05, 4.69) is 20.4 Å². The number of aliphatic hydroxyl groups excluding tert-OH is 1. The summed E-state index contributed by atoms with van der Waals surface area (Å²) in [6.45, 7) is 9.59. The van der Waals surface area contributed by atoms with E-state index in [4.69, 9.17) is 18.9 Å². The van der Waals surface area contributed by atoms with Gasteiger partial charge in [-0.05, 0) is 66.9 Å². The lowest BCUT2D eigenvalue weighted by molar-refractivity contribution is -0.269. The van der Waals surface area contributed by atoms with Crippen molar-refractivity contribution in [2.75, 3.05) is 20.2 Å². The second-order valence-electron chi connectivity index (χ2n) is 10.8. The van der Waals surface area contributed by atoms with E-state index in [9.17, 15) is 9.90 Å². The van der Waals surface area contributed by atoms with Crippen molar-refractivity contribution in [3.63, 3.8) is 0 Å². The van der Waals surface area contributed by atoms with E-state index in [-0.39, 0.29) is 30.7 Å². The summed E-state index contributed by atoms with van der Waals surface area (Å²) in [6, 6.07) is 0. The summed E-state index contributed by atoms with van der Waals surface area (Å²) in [5.74, 6) is 0.304. The Hall–Kier alpha value is -1.05. The van der Waals surface area contributed by atoms with Gasteiger partial charge in [0.15, 0.2) is 19.4 Å². The first-order chi connectivity index (χ1) is 14.3. The maximum atomic E-state index is 12.2. The van der Waals surface area contributed by atoms with Crippen LogP contribution < -0.4 is 0 Å². The van der Waals surface area contributed by atoms with Gasteiger partial charge in [-0.15, -0.1) is 0 Å². The zero-order chi connectivity index (χ0) is 20.9. The van der Waals surface area contributed by atoms with Crippen molar-refractivity contribution in [3.8, 4) is 0 Å². The third-order valence-electron chi connectivity index (χ3n) is 10.0. The van der Waals surface area contributed by atoms with Gasteiger partial charge < -0.3 is 24.1 Å². The molecule has 2 heterocycles. The van der Waals surface area contributed by atoms with E-state index in [0.717, 1.165) is 36.8 Å². The van der Waals surface area contributed by atoms with Crippen LogP contribution >= 0.6 is 0 Å². The number of fused-ring (bicyclic) bond motifs is 7. The van der Waals surface area contributed by atoms with Crippen molar-refractivity contribution in [2.24, 2.45) is 28.6 Å². The van der Waals surface area contributed by atoms with Gasteiger partial charge in [0.2, 0.25) is 5.79 Å². The first kappa shape index (κ1) is 19.6. The largest absolute Gasteiger partial charge is 0.392 e. The van der Waals surface area contributed by atoms with Crippen LogP contribution in [0.3, 0.4) is 0 Å². The lowest BCUT2D eigenvalue weighted by atomic mass is 9.44. The average Bonchev–Trinajstić information content (AvgIpc) is 3.41. The summed E-state index contributed by atoms with van der Waals surface area (Å²) in [7, 11) is 0. The van der Waals surface area contributed by atoms with E-state index >= 15 is 0 Å². The molecule has 30 heavy (non-hydrogen) atoms. The molecule has 0 aromatic heterocycles. The second kappa shape index (κ2) is 6.04. The number of ether oxygens (including phenoxy) is 4. The molecule has 6 aliphatic rings. The minimum absolute atomic E-state index is 0.0936. The zero-order valence-electron chi connectivity index (χ0n) is 17.9. The Bertz CT molecular complexity index is 837. The van der Waals surface area contributed by atoms with Gasteiger partial charge in [0.1, 0.15) is 12.2 Å². The van der Waals surface area contributed by atoms with Crippen LogP contribution in [0.25, 0.3) is 0 Å². The zero-order valence-corrected chi connectivity index (χ0v) is 17.9. The highest BCUT2D eigenvalue weighted by molar-refractivity contribution is 5.92. The Labute approximate surface area is 177 Å². The van der Waals surface area contributed by atoms with Crippen LogP contribution in [0.1, 0.15) is 52.4 Å². The average molecular weight is 417 g/mol. The second-order valence-corrected chi connectivity index (χ2v) is 10.8. The molecule has 5 fully saturated rings. The molecule has 2 aliphatic heterocycles. The third kappa shape index (κ3) is 2.06. The predicted molar refractivity (Wildman–Crippen MR) is 107 cm³/mol. The minimum Gasteiger partial charge on any atom is -0.392 e. The summed E-state index contributed by atoms with van der Waals surface area (Å²) in [6.07, 6.45) is 6.08. The number of carbonyl (C=O) groups is 1. The maximum absolute atomic E-state index is 12.2. The number of hydrogen-bond acceptors (Lipinski definition) is 6. The number of carbonyl (C=O) groups excluding carboxylic acids is 1. The minimum atomic E-state index is -0.928. The fourth-order valence-electron chi connectivity index (χ4n) is 8.51. The van der Waals surface area contributed by atoms with Crippen molar-refractivity contribution in [2.45, 2.75) is 69.9 Å². The molecule has 2 spiro atoms. The standard InChI is InChI=1S/C24H32O6/c1-14-8-16-17-5-7-23(24(30-13-28-23)11-27-12-29-24)22(17,3)20(26)10-19(16)21(2)6-4-15(25)9-18(14)21/h9,16-17,19-20,26H,1,4-8,10-13H2,2-3H3/t16-,17-,19-,20-,21+,22+,23+,24+/m1/s1. The van der Waals surface area contributed by atoms with Crippen LogP contribution in [0.4, 0.5) is 0 Å². The molecular formula is C24H32O6. The normalized spacial score (nSPS) is 55.0. The molecular weight excluding hydrogens is 384 g/mol. The van der Waals surface area contributed by atoms with E-state index in [0.29, 0.717) is 31.3 Å². The van der Waals surface area contributed by atoms with Crippen molar-refractivity contribution in [1.82, 2.24) is 0 Å². The van der Waals surface area contributed by atoms with E-state index in [1.807, 2.05) is 6.08 Å². The molecule has 6 rings (SSSR count). The Kier molecular flexibility index (Phi) is 3.95. The lowest BCUT2D eigenvalue weighted by Crippen LogP contribution is -2.68. The molecule has 6 nitrogen and oxygen atoms in total. The van der Waals surface area contributed by atoms with Crippen molar-refractivity contribution in [1.29, 1.82) is 0 Å². The highest BCUT2D eigenvalue weighted by Gasteiger charge is 2.78. The summed E-state index contributed by atoms with van der Waals surface area (Å²) >= 11 is 0. The Balaban J connectivity index is 1.43. The van der Waals surface area contributed by atoms with Gasteiger partial charge in [0.05, 0.1) is 6.10 Å². The highest BCUT2D eigenvalue weighted by Crippen LogP contribution is 2.71. The summed E-state index contributed by atoms with van der Waals surface area (Å²) < 4.78 is 24.0. The van der Waals surface area contributed by atoms with Gasteiger partial charge in [-0.1, -0.05) is 26.0 Å². The molecule has 1 N–H and O–H groups in total. The van der Waals surface area contributed by atoms with Gasteiger partial charge in [0, 0.05) is 11.8 Å². The summed E-state index contributed by atoms with van der Waals surface area (Å²) in [5, 5.41) is 11.7. The number of allylic oxidation sites excluding steroid dienone is 2. The molecule has 0 aromatic carbocycles. The number of ketones is 1. The van der Waals surface area contributed by atoms with E-state index < -0.39 is 22.9 Å². The molecule has 8 atom stereocenters. The fraction of sp³-hybridized carbons (Fsp3) is 0.792. The van der Waals surface area contributed by atoms with Crippen LogP contribution in [-0.4, -0.2) is 48.6 Å². The number of aliphatic hydroxyl groups is 1. The SMILES string of the molecule is C=C1C[C@@H]2[C@H]3CC[C@]4(OCO[C@@]45COCO5)[C@]3(C)[C@H](O)C[C@H]2[C@@]2(C)CCC(=O)C=C12. The van der Waals surface area contributed by atoms with Crippen molar-refractivity contribution in [3.05, 3.63) is 23.8 Å². The fourth-order valence-corrected chi connectivity index (χ4v) is 8.51. The topological polar surface area (TPSA) is 74.2 Å². The molecule has 164 valence electrons. The molecule has 0 unspecified atom stereocenters. The molecule has 6 heteroatoms. The Morgan fingerprint density at radius 2 is 1.93 bits per heavy atom. The highest BCUT2D eigenvalue weighted by atomic mass is 16.9. The first-order valence-electron chi connectivity index (χ1n) is 11.4. The summed E-state index contributed by atoms with van der Waals surface area (Å²) in [4.78, 5) is 12.2. The Morgan fingerprint density at radius 1 is 1.13 bits per heavy atom. The van der Waals surface area contributed by atoms with Gasteiger partial charge >= 0.3 is 0 Å². The van der Waals surface area contributed by atoms with Crippen molar-refractivity contribution >= 4 is 5.78 Å². The molecule has 2 saturated heterocycles. The summed E-state index contributed by atoms with van der Waals surface area (Å²) in [5.41, 5.74) is 0.954. The first-order valence-corrected chi connectivity index (χ1v) is 11.4. The molecule has 0 radical (unpaired) electrons. The van der Waals surface area contributed by atoms with Crippen LogP contribution in [0, 0.1) is 28.6 Å². The van der Waals surface area contributed by atoms with Crippen LogP contribution in [0.2, 0.25) is 0 Å². The third-order valence-corrected chi connectivity index (χ3v) is 10.0. The van der Waals surface area contributed by atoms with Crippen LogP contribution in [0.15, 0.2) is 23.8 Å². The molecule has 0 bridgehead atoms. The molecule has 0 amide bonds. The van der Waals surface area contributed by atoms with Gasteiger partial charge in [0.25, 0.3) is 0 Å². The molecule has 3 saturated carbocycles. The van der Waals surface area contributed by atoms with Gasteiger partial charge in [-0.2, -0.15) is 0 Å². The van der Waals surface area contributed by atoms with Crippen LogP contribution in [-0.2, 0) is 23.7 Å². The Morgan fingerprint density at radius 3 is 2.70 bits per heavy atom.